The van der Waals surface area contributed by atoms with Crippen LogP contribution in [-0.4, -0.2) is 30.6 Å². The summed E-state index contributed by atoms with van der Waals surface area (Å²) < 4.78 is 7.95. The Balaban J connectivity index is 1.77. The number of nitrogens with zero attached hydrogens (tertiary/aromatic N) is 5. The molecule has 0 aliphatic carbocycles. The Morgan fingerprint density at radius 2 is 1.96 bits per heavy atom. The second-order valence-corrected chi connectivity index (χ2v) is 5.98. The average Bonchev–Trinajstić information content (AvgIpc) is 3.03. The molecule has 6 heteroatoms. The maximum absolute atomic E-state index is 5.90. The van der Waals surface area contributed by atoms with Crippen molar-refractivity contribution in [2.24, 2.45) is 0 Å². The molecule has 3 aromatic heterocycles. The Kier molecular flexibility index (Phi) is 4.84. The zero-order valence-electron chi connectivity index (χ0n) is 14.1. The molecular formula is C18H21N5O. The molecule has 0 aliphatic heterocycles. The van der Waals surface area contributed by atoms with Crippen LogP contribution in [-0.2, 0) is 6.54 Å². The maximum Gasteiger partial charge on any atom is 0.158 e. The summed E-state index contributed by atoms with van der Waals surface area (Å²) in [6, 6.07) is 5.65. The Hall–Kier alpha value is -2.76. The molecule has 6 nitrogen and oxygen atoms in total. The van der Waals surface area contributed by atoms with Gasteiger partial charge >= 0.3 is 0 Å². The Bertz CT molecular complexity index is 785. The summed E-state index contributed by atoms with van der Waals surface area (Å²) in [5.41, 5.74) is 0.826. The lowest BCUT2D eigenvalue weighted by atomic mass is 10.2. The van der Waals surface area contributed by atoms with Crippen molar-refractivity contribution in [1.29, 1.82) is 0 Å². The van der Waals surface area contributed by atoms with Gasteiger partial charge in [-0.15, -0.1) is 0 Å². The van der Waals surface area contributed by atoms with E-state index >= 15 is 0 Å². The van der Waals surface area contributed by atoms with Crippen LogP contribution in [0.5, 0.6) is 5.75 Å². The molecule has 24 heavy (non-hydrogen) atoms. The summed E-state index contributed by atoms with van der Waals surface area (Å²) in [5.74, 6) is 2.68. The fourth-order valence-corrected chi connectivity index (χ4v) is 2.43. The predicted octanol–water partition coefficient (Wildman–Crippen LogP) is 3.33. The van der Waals surface area contributed by atoms with Gasteiger partial charge in [0.2, 0.25) is 0 Å². The number of aromatic nitrogens is 5. The highest BCUT2D eigenvalue weighted by molar-refractivity contribution is 5.49. The molecule has 1 unspecified atom stereocenters. The Morgan fingerprint density at radius 1 is 1.08 bits per heavy atom. The first-order chi connectivity index (χ1) is 11.6. The van der Waals surface area contributed by atoms with Gasteiger partial charge in [0.15, 0.2) is 5.82 Å². The summed E-state index contributed by atoms with van der Waals surface area (Å²) in [4.78, 5) is 17.5. The van der Waals surface area contributed by atoms with E-state index in [1.165, 1.54) is 0 Å². The smallest absolute Gasteiger partial charge is 0.158 e. The minimum Gasteiger partial charge on any atom is -0.487 e. The van der Waals surface area contributed by atoms with Crippen LogP contribution in [0.4, 0.5) is 0 Å². The quantitative estimate of drug-likeness (QED) is 0.696. The van der Waals surface area contributed by atoms with Crippen molar-refractivity contribution in [1.82, 2.24) is 24.5 Å². The molecule has 0 fully saturated rings. The zero-order chi connectivity index (χ0) is 16.9. The van der Waals surface area contributed by atoms with Crippen molar-refractivity contribution in [3.63, 3.8) is 0 Å². The van der Waals surface area contributed by atoms with Crippen LogP contribution < -0.4 is 4.74 Å². The van der Waals surface area contributed by atoms with Gasteiger partial charge < -0.3 is 9.30 Å². The largest absolute Gasteiger partial charge is 0.487 e. The van der Waals surface area contributed by atoms with Crippen molar-refractivity contribution in [3.8, 4) is 17.3 Å². The van der Waals surface area contributed by atoms with Crippen molar-refractivity contribution in [3.05, 3.63) is 55.0 Å². The second kappa shape index (κ2) is 7.21. The lowest BCUT2D eigenvalue weighted by molar-refractivity contribution is 0.199. The van der Waals surface area contributed by atoms with Crippen LogP contribution in [0.3, 0.4) is 0 Å². The van der Waals surface area contributed by atoms with Gasteiger partial charge in [0.1, 0.15) is 23.4 Å². The molecule has 0 N–H and O–H groups in total. The topological polar surface area (TPSA) is 65.7 Å². The SMILES string of the molecule is CC(Cn1ccnc1-c1ccnc(C(C)C)n1)Oc1cccnc1. The third-order valence-electron chi connectivity index (χ3n) is 3.56. The summed E-state index contributed by atoms with van der Waals surface area (Å²) in [7, 11) is 0. The van der Waals surface area contributed by atoms with E-state index in [1.54, 1.807) is 24.8 Å². The van der Waals surface area contributed by atoms with E-state index in [0.29, 0.717) is 6.54 Å². The molecule has 3 aromatic rings. The van der Waals surface area contributed by atoms with Crippen LogP contribution in [0.25, 0.3) is 11.5 Å². The molecular weight excluding hydrogens is 302 g/mol. The van der Waals surface area contributed by atoms with Crippen LogP contribution in [0.1, 0.15) is 32.5 Å². The first-order valence-corrected chi connectivity index (χ1v) is 8.04. The Labute approximate surface area is 141 Å². The molecule has 0 aromatic carbocycles. The van der Waals surface area contributed by atoms with E-state index in [0.717, 1.165) is 23.1 Å². The van der Waals surface area contributed by atoms with E-state index in [4.69, 9.17) is 4.74 Å². The van der Waals surface area contributed by atoms with Gasteiger partial charge in [-0.25, -0.2) is 15.0 Å². The molecule has 124 valence electrons. The summed E-state index contributed by atoms with van der Waals surface area (Å²) in [5, 5.41) is 0. The molecule has 1 atom stereocenters. The molecule has 0 bridgehead atoms. The lowest BCUT2D eigenvalue weighted by Gasteiger charge is -2.16. The molecule has 3 rings (SSSR count). The number of pyridine rings is 1. The molecule has 0 saturated heterocycles. The van der Waals surface area contributed by atoms with Gasteiger partial charge in [-0.1, -0.05) is 13.8 Å². The molecule has 0 radical (unpaired) electrons. The maximum atomic E-state index is 5.90. The highest BCUT2D eigenvalue weighted by Gasteiger charge is 2.13. The van der Waals surface area contributed by atoms with Gasteiger partial charge in [0, 0.05) is 30.7 Å². The van der Waals surface area contributed by atoms with Crippen LogP contribution >= 0.6 is 0 Å². The van der Waals surface area contributed by atoms with E-state index in [2.05, 4.69) is 33.8 Å². The van der Waals surface area contributed by atoms with E-state index < -0.39 is 0 Å². The van der Waals surface area contributed by atoms with Gasteiger partial charge in [-0.3, -0.25) is 4.98 Å². The number of rotatable bonds is 6. The van der Waals surface area contributed by atoms with Crippen LogP contribution in [0, 0.1) is 0 Å². The molecule has 0 aliphatic rings. The number of hydrogen-bond donors (Lipinski definition) is 0. The highest BCUT2D eigenvalue weighted by Crippen LogP contribution is 2.18. The van der Waals surface area contributed by atoms with Gasteiger partial charge in [-0.05, 0) is 25.1 Å². The van der Waals surface area contributed by atoms with Gasteiger partial charge in [0.05, 0.1) is 12.7 Å². The number of hydrogen-bond acceptors (Lipinski definition) is 5. The van der Waals surface area contributed by atoms with Crippen LogP contribution in [0.15, 0.2) is 49.2 Å². The minimum atomic E-state index is -0.0199. The molecule has 0 amide bonds. The molecule has 0 spiro atoms. The minimum absolute atomic E-state index is 0.0199. The van der Waals surface area contributed by atoms with E-state index in [1.807, 2.05) is 35.9 Å². The normalized spacial score (nSPS) is 12.3. The third-order valence-corrected chi connectivity index (χ3v) is 3.56. The third kappa shape index (κ3) is 3.76. The average molecular weight is 323 g/mol. The fourth-order valence-electron chi connectivity index (χ4n) is 2.43. The number of ether oxygens (including phenoxy) is 1. The van der Waals surface area contributed by atoms with Gasteiger partial charge in [-0.2, -0.15) is 0 Å². The first kappa shape index (κ1) is 16.1. The van der Waals surface area contributed by atoms with E-state index in [-0.39, 0.29) is 12.0 Å². The first-order valence-electron chi connectivity index (χ1n) is 8.04. The summed E-state index contributed by atoms with van der Waals surface area (Å²) in [6.07, 6.45) is 8.93. The highest BCUT2D eigenvalue weighted by atomic mass is 16.5. The lowest BCUT2D eigenvalue weighted by Crippen LogP contribution is -2.20. The summed E-state index contributed by atoms with van der Waals surface area (Å²) in [6.45, 7) is 6.85. The fraction of sp³-hybridized carbons (Fsp3) is 0.333. The monoisotopic (exact) mass is 323 g/mol. The summed E-state index contributed by atoms with van der Waals surface area (Å²) >= 11 is 0. The molecule has 0 saturated carbocycles. The van der Waals surface area contributed by atoms with Crippen molar-refractivity contribution >= 4 is 0 Å². The Morgan fingerprint density at radius 3 is 2.71 bits per heavy atom. The zero-order valence-corrected chi connectivity index (χ0v) is 14.1. The van der Waals surface area contributed by atoms with Crippen LogP contribution in [0.2, 0.25) is 0 Å². The molecule has 3 heterocycles. The van der Waals surface area contributed by atoms with E-state index in [9.17, 15) is 0 Å². The standard InChI is InChI=1S/C18H21N5O/c1-13(2)17-20-8-6-16(22-17)18-21-9-10-23(18)12-14(3)24-15-5-4-7-19-11-15/h4-11,13-14H,12H2,1-3H3. The van der Waals surface area contributed by atoms with Crippen molar-refractivity contribution in [2.75, 3.05) is 0 Å². The van der Waals surface area contributed by atoms with Crippen molar-refractivity contribution < 1.29 is 4.74 Å². The number of imidazole rings is 1. The van der Waals surface area contributed by atoms with Gasteiger partial charge in [0.25, 0.3) is 0 Å². The predicted molar refractivity (Wildman–Crippen MR) is 91.7 cm³/mol. The van der Waals surface area contributed by atoms with Crippen molar-refractivity contribution in [2.45, 2.75) is 39.3 Å². The second-order valence-electron chi connectivity index (χ2n) is 5.98.